The lowest BCUT2D eigenvalue weighted by Crippen LogP contribution is -2.30. The first-order chi connectivity index (χ1) is 42.4. The molecule has 0 fully saturated rings. The summed E-state index contributed by atoms with van der Waals surface area (Å²) in [7, 11) is -9.90. The summed E-state index contributed by atoms with van der Waals surface area (Å²) >= 11 is 0. The number of aliphatic hydroxyl groups is 1. The smallest absolute Gasteiger partial charge is 0.462 e. The van der Waals surface area contributed by atoms with E-state index in [-0.39, 0.29) is 25.7 Å². The molecular formula is C69H134O17P2. The van der Waals surface area contributed by atoms with Crippen LogP contribution in [0, 0.1) is 11.8 Å². The van der Waals surface area contributed by atoms with E-state index in [1.807, 2.05) is 0 Å². The highest BCUT2D eigenvalue weighted by Crippen LogP contribution is 2.45. The molecule has 0 aromatic carbocycles. The molecule has 0 rings (SSSR count). The topological polar surface area (TPSA) is 237 Å². The van der Waals surface area contributed by atoms with Gasteiger partial charge in [0.1, 0.15) is 19.3 Å². The molecule has 0 aromatic rings. The highest BCUT2D eigenvalue weighted by molar-refractivity contribution is 7.47. The van der Waals surface area contributed by atoms with Gasteiger partial charge in [-0.25, -0.2) is 9.13 Å². The summed E-state index contributed by atoms with van der Waals surface area (Å²) < 4.78 is 68.2. The first kappa shape index (κ1) is 86.1. The number of ether oxygens (including phenoxy) is 4. The van der Waals surface area contributed by atoms with Gasteiger partial charge in [-0.15, -0.1) is 0 Å². The molecule has 88 heavy (non-hydrogen) atoms. The van der Waals surface area contributed by atoms with Crippen molar-refractivity contribution in [2.75, 3.05) is 39.6 Å². The van der Waals surface area contributed by atoms with Gasteiger partial charge in [0, 0.05) is 25.7 Å². The summed E-state index contributed by atoms with van der Waals surface area (Å²) in [6, 6.07) is 0. The molecule has 0 heterocycles. The normalized spacial score (nSPS) is 14.5. The molecule has 0 spiro atoms. The monoisotopic (exact) mass is 1300 g/mol. The van der Waals surface area contributed by atoms with Crippen LogP contribution in [-0.2, 0) is 65.4 Å². The van der Waals surface area contributed by atoms with Crippen molar-refractivity contribution in [2.45, 2.75) is 368 Å². The van der Waals surface area contributed by atoms with E-state index in [2.05, 4.69) is 41.5 Å². The number of carbonyl (C=O) groups excluding carboxylic acids is 4. The van der Waals surface area contributed by atoms with Crippen molar-refractivity contribution in [3.63, 3.8) is 0 Å². The minimum absolute atomic E-state index is 0.106. The minimum Gasteiger partial charge on any atom is -0.462 e. The van der Waals surface area contributed by atoms with Crippen LogP contribution in [0.5, 0.6) is 0 Å². The van der Waals surface area contributed by atoms with Gasteiger partial charge in [0.25, 0.3) is 0 Å². The maximum absolute atomic E-state index is 13.0. The van der Waals surface area contributed by atoms with Crippen molar-refractivity contribution >= 4 is 39.5 Å². The number of unbranched alkanes of at least 4 members (excludes halogenated alkanes) is 37. The summed E-state index contributed by atoms with van der Waals surface area (Å²) in [5.41, 5.74) is 0. The van der Waals surface area contributed by atoms with Crippen molar-refractivity contribution < 1.29 is 80.2 Å². The molecule has 0 saturated carbocycles. The molecular weight excluding hydrogens is 1160 g/mol. The lowest BCUT2D eigenvalue weighted by molar-refractivity contribution is -0.161. The van der Waals surface area contributed by atoms with Crippen LogP contribution < -0.4 is 0 Å². The number of phosphoric acid groups is 2. The van der Waals surface area contributed by atoms with Gasteiger partial charge >= 0.3 is 39.5 Å². The van der Waals surface area contributed by atoms with Crippen molar-refractivity contribution in [2.24, 2.45) is 11.8 Å². The number of carbonyl (C=O) groups is 4. The third kappa shape index (κ3) is 61.6. The molecule has 17 nitrogen and oxygen atoms in total. The second-order valence-corrected chi connectivity index (χ2v) is 28.5. The standard InChI is InChI=1S/C69H134O17P2/c1-7-10-12-14-16-18-20-21-22-24-28-32-39-45-51-66(71)79-57-64(85-69(74)54-48-42-34-30-26-25-27-31-38-44-50-62(6)9-3)59-83-87(75,76)81-55-63(70)56-82-88(77,78)84-60-65(58-80-67(72)52-46-40-36-35-37-43-49-61(4)5)86-68(73)53-47-41-33-29-23-19-17-15-13-11-8-2/h61-65,70H,7-60H2,1-6H3,(H,75,76)(H,77,78)/t62?,63-,64-,65-/m1/s1. The minimum atomic E-state index is -4.95. The van der Waals surface area contributed by atoms with Gasteiger partial charge in [-0.2, -0.15) is 0 Å². The van der Waals surface area contributed by atoms with Gasteiger partial charge in [0.15, 0.2) is 12.2 Å². The van der Waals surface area contributed by atoms with Crippen LogP contribution in [0.25, 0.3) is 0 Å². The number of hydrogen-bond acceptors (Lipinski definition) is 15. The zero-order valence-electron chi connectivity index (χ0n) is 57.0. The molecule has 3 unspecified atom stereocenters. The third-order valence-corrected chi connectivity index (χ3v) is 18.2. The molecule has 6 atom stereocenters. The number of rotatable bonds is 68. The van der Waals surface area contributed by atoms with Crippen molar-refractivity contribution in [1.29, 1.82) is 0 Å². The average molecular weight is 1300 g/mol. The van der Waals surface area contributed by atoms with Crippen LogP contribution in [0.15, 0.2) is 0 Å². The van der Waals surface area contributed by atoms with Gasteiger partial charge in [-0.3, -0.25) is 37.3 Å². The Morgan fingerprint density at radius 1 is 0.330 bits per heavy atom. The molecule has 0 radical (unpaired) electrons. The zero-order valence-corrected chi connectivity index (χ0v) is 58.8. The molecule has 3 N–H and O–H groups in total. The van der Waals surface area contributed by atoms with Gasteiger partial charge < -0.3 is 33.8 Å². The highest BCUT2D eigenvalue weighted by Gasteiger charge is 2.30. The Balaban J connectivity index is 5.24. The van der Waals surface area contributed by atoms with E-state index in [9.17, 15) is 43.2 Å². The Morgan fingerprint density at radius 3 is 0.864 bits per heavy atom. The van der Waals surface area contributed by atoms with Crippen LogP contribution >= 0.6 is 15.6 Å². The Kier molecular flexibility index (Phi) is 59.9. The van der Waals surface area contributed by atoms with E-state index in [0.29, 0.717) is 31.6 Å². The van der Waals surface area contributed by atoms with E-state index in [0.717, 1.165) is 102 Å². The van der Waals surface area contributed by atoms with E-state index in [4.69, 9.17) is 37.0 Å². The summed E-state index contributed by atoms with van der Waals surface area (Å²) in [6.45, 7) is 9.48. The summed E-state index contributed by atoms with van der Waals surface area (Å²) in [5.74, 6) is -0.643. The Morgan fingerprint density at radius 2 is 0.580 bits per heavy atom. The van der Waals surface area contributed by atoms with Crippen LogP contribution in [0.3, 0.4) is 0 Å². The Hall–Kier alpha value is -1.94. The average Bonchev–Trinajstić information content (AvgIpc) is 3.68. The molecule has 0 aliphatic carbocycles. The van der Waals surface area contributed by atoms with E-state index in [1.54, 1.807) is 0 Å². The van der Waals surface area contributed by atoms with Crippen molar-refractivity contribution in [3.8, 4) is 0 Å². The molecule has 0 aromatic heterocycles. The van der Waals surface area contributed by atoms with Gasteiger partial charge in [-0.05, 0) is 37.5 Å². The SMILES string of the molecule is CCCCCCCCCCCCCCCCC(=O)OC[C@H](COP(=O)(O)OC[C@@H](O)COP(=O)(O)OC[C@@H](COC(=O)CCCCCCCCC(C)C)OC(=O)CCCCCCCCCCCCC)OC(=O)CCCCCCCCCCCCC(C)CC. The maximum atomic E-state index is 13.0. The second-order valence-electron chi connectivity index (χ2n) is 25.6. The highest BCUT2D eigenvalue weighted by atomic mass is 31.2. The van der Waals surface area contributed by atoms with E-state index in [1.165, 1.54) is 161 Å². The van der Waals surface area contributed by atoms with Crippen molar-refractivity contribution in [1.82, 2.24) is 0 Å². The quantitative estimate of drug-likeness (QED) is 0.0222. The van der Waals surface area contributed by atoms with E-state index >= 15 is 0 Å². The summed E-state index contributed by atoms with van der Waals surface area (Å²) in [4.78, 5) is 72.5. The third-order valence-electron chi connectivity index (χ3n) is 16.3. The molecule has 0 aliphatic rings. The molecule has 19 heteroatoms. The molecule has 0 amide bonds. The summed E-state index contributed by atoms with van der Waals surface area (Å²) in [6.07, 6.45) is 45.8. The number of hydrogen-bond donors (Lipinski definition) is 3. The van der Waals surface area contributed by atoms with Crippen LogP contribution in [0.2, 0.25) is 0 Å². The fraction of sp³-hybridized carbons (Fsp3) is 0.942. The fourth-order valence-electron chi connectivity index (χ4n) is 10.4. The lowest BCUT2D eigenvalue weighted by Gasteiger charge is -2.21. The van der Waals surface area contributed by atoms with Gasteiger partial charge in [0.2, 0.25) is 0 Å². The van der Waals surface area contributed by atoms with Crippen LogP contribution in [-0.4, -0.2) is 96.7 Å². The lowest BCUT2D eigenvalue weighted by atomic mass is 9.99. The number of aliphatic hydroxyl groups excluding tert-OH is 1. The number of esters is 4. The molecule has 0 aliphatic heterocycles. The second kappa shape index (κ2) is 61.3. The van der Waals surface area contributed by atoms with Gasteiger partial charge in [0.05, 0.1) is 26.4 Å². The molecule has 0 saturated heterocycles. The van der Waals surface area contributed by atoms with Crippen molar-refractivity contribution in [3.05, 3.63) is 0 Å². The first-order valence-electron chi connectivity index (χ1n) is 36.0. The summed E-state index contributed by atoms with van der Waals surface area (Å²) in [5, 5.41) is 10.6. The Bertz CT molecular complexity index is 1720. The molecule has 522 valence electrons. The van der Waals surface area contributed by atoms with Gasteiger partial charge in [-0.1, -0.05) is 298 Å². The van der Waals surface area contributed by atoms with Crippen LogP contribution in [0.4, 0.5) is 0 Å². The van der Waals surface area contributed by atoms with Crippen LogP contribution in [0.1, 0.15) is 350 Å². The number of phosphoric ester groups is 2. The largest absolute Gasteiger partial charge is 0.472 e. The predicted molar refractivity (Wildman–Crippen MR) is 354 cm³/mol. The fourth-order valence-corrected chi connectivity index (χ4v) is 12.0. The van der Waals surface area contributed by atoms with E-state index < -0.39 is 97.5 Å². The predicted octanol–water partition coefficient (Wildman–Crippen LogP) is 19.6. The first-order valence-corrected chi connectivity index (χ1v) is 39.0. The Labute approximate surface area is 537 Å². The molecule has 0 bridgehead atoms. The maximum Gasteiger partial charge on any atom is 0.472 e. The zero-order chi connectivity index (χ0) is 65.0.